The lowest BCUT2D eigenvalue weighted by molar-refractivity contribution is -0.193. The third-order valence-corrected chi connectivity index (χ3v) is 6.04. The molecule has 0 bridgehead atoms. The Balaban J connectivity index is 0.000000525. The van der Waals surface area contributed by atoms with Crippen molar-refractivity contribution in [2.75, 3.05) is 32.6 Å². The molecule has 2 aromatic carbocycles. The molecular formula is C29H29F10N5O8. The molecule has 1 amide bonds. The van der Waals surface area contributed by atoms with Crippen molar-refractivity contribution in [3.8, 4) is 16.9 Å². The van der Waals surface area contributed by atoms with E-state index in [9.17, 15) is 48.7 Å². The minimum atomic E-state index is -5.08. The number of likely N-dealkylation sites (N-methyl/N-ethyl adjacent to an activating group) is 1. The zero-order valence-electron chi connectivity index (χ0n) is 26.6. The number of amides is 1. The Bertz CT molecular complexity index is 1590. The first-order chi connectivity index (χ1) is 23.8. The highest BCUT2D eigenvalue weighted by Gasteiger charge is 2.39. The molecular weight excluding hydrogens is 736 g/mol. The number of aromatic amines is 1. The Kier molecular flexibility index (Phi) is 16.5. The van der Waals surface area contributed by atoms with Crippen LogP contribution in [-0.4, -0.2) is 106 Å². The van der Waals surface area contributed by atoms with Crippen LogP contribution in [0.1, 0.15) is 11.1 Å². The molecule has 3 aromatic rings. The molecule has 4 rings (SSSR count). The van der Waals surface area contributed by atoms with E-state index in [-0.39, 0.29) is 11.7 Å². The first-order valence-electron chi connectivity index (χ1n) is 14.0. The first-order valence-corrected chi connectivity index (χ1v) is 14.0. The number of nitrogens with zero attached hydrogens (tertiary/aromatic N) is 2. The SMILES string of the molecule is CN(C)CCOc1cc(-c2cn[nH]c2)ccc1NC(=O)[C@@H]1Cc2cc(F)ccc2CN1.O=C(O)C(F)(F)F.O=C(O)C(F)(F)F.O=C(O)C(F)(F)F. The summed E-state index contributed by atoms with van der Waals surface area (Å²) < 4.78 is 115. The minimum Gasteiger partial charge on any atom is -0.490 e. The summed E-state index contributed by atoms with van der Waals surface area (Å²) in [6.07, 6.45) is -11.3. The van der Waals surface area contributed by atoms with Crippen molar-refractivity contribution in [1.82, 2.24) is 20.4 Å². The average molecular weight is 766 g/mol. The van der Waals surface area contributed by atoms with Crippen LogP contribution in [0, 0.1) is 5.82 Å². The van der Waals surface area contributed by atoms with Crippen molar-refractivity contribution >= 4 is 29.5 Å². The summed E-state index contributed by atoms with van der Waals surface area (Å²) in [6, 6.07) is 9.91. The number of hydrogen-bond acceptors (Lipinski definition) is 8. The molecule has 0 unspecified atom stereocenters. The van der Waals surface area contributed by atoms with Gasteiger partial charge < -0.3 is 35.6 Å². The monoisotopic (exact) mass is 765 g/mol. The van der Waals surface area contributed by atoms with Crippen molar-refractivity contribution in [3.05, 3.63) is 65.7 Å². The fraction of sp³-hybridized carbons (Fsp3) is 0.345. The van der Waals surface area contributed by atoms with Crippen LogP contribution in [0.3, 0.4) is 0 Å². The van der Waals surface area contributed by atoms with Gasteiger partial charge in [-0.1, -0.05) is 12.1 Å². The lowest BCUT2D eigenvalue weighted by Gasteiger charge is -2.26. The van der Waals surface area contributed by atoms with Crippen LogP contribution in [0.25, 0.3) is 11.1 Å². The average Bonchev–Trinajstić information content (AvgIpc) is 3.56. The van der Waals surface area contributed by atoms with E-state index >= 15 is 0 Å². The lowest BCUT2D eigenvalue weighted by atomic mass is 9.95. The highest BCUT2D eigenvalue weighted by atomic mass is 19.4. The van der Waals surface area contributed by atoms with Crippen LogP contribution in [0.4, 0.5) is 49.6 Å². The maximum atomic E-state index is 13.6. The third kappa shape index (κ3) is 16.1. The van der Waals surface area contributed by atoms with Gasteiger partial charge in [0, 0.05) is 24.8 Å². The maximum Gasteiger partial charge on any atom is 0.490 e. The van der Waals surface area contributed by atoms with Crippen molar-refractivity contribution in [3.63, 3.8) is 0 Å². The largest absolute Gasteiger partial charge is 0.490 e. The number of fused-ring (bicyclic) bond motifs is 1. The highest BCUT2D eigenvalue weighted by Crippen LogP contribution is 2.31. The number of ether oxygens (including phenoxy) is 1. The Morgan fingerprint density at radius 3 is 1.85 bits per heavy atom. The van der Waals surface area contributed by atoms with Crippen molar-refractivity contribution in [2.45, 2.75) is 37.5 Å². The van der Waals surface area contributed by atoms with E-state index in [2.05, 4.69) is 20.8 Å². The van der Waals surface area contributed by atoms with E-state index in [1.165, 1.54) is 12.1 Å². The van der Waals surface area contributed by atoms with Gasteiger partial charge in [-0.05, 0) is 61.5 Å². The molecule has 1 aliphatic heterocycles. The first kappa shape index (κ1) is 44.6. The second kappa shape index (κ2) is 19.2. The van der Waals surface area contributed by atoms with Gasteiger partial charge in [-0.25, -0.2) is 18.8 Å². The van der Waals surface area contributed by atoms with Gasteiger partial charge in [-0.2, -0.15) is 44.6 Å². The number of H-pyrrole nitrogens is 1. The molecule has 1 aromatic heterocycles. The highest BCUT2D eigenvalue weighted by molar-refractivity contribution is 5.97. The maximum absolute atomic E-state index is 13.6. The summed E-state index contributed by atoms with van der Waals surface area (Å²) >= 11 is 0. The number of hydrogen-bond donors (Lipinski definition) is 6. The molecule has 0 radical (unpaired) electrons. The lowest BCUT2D eigenvalue weighted by Crippen LogP contribution is -2.44. The summed E-state index contributed by atoms with van der Waals surface area (Å²) in [6.45, 7) is 1.76. The number of rotatable bonds is 7. The Morgan fingerprint density at radius 2 is 1.38 bits per heavy atom. The Hall–Kier alpha value is -5.45. The quantitative estimate of drug-likeness (QED) is 0.183. The van der Waals surface area contributed by atoms with Crippen molar-refractivity contribution < 1.29 is 83.1 Å². The van der Waals surface area contributed by atoms with Gasteiger partial charge in [0.25, 0.3) is 0 Å². The molecule has 52 heavy (non-hydrogen) atoms. The number of aromatic nitrogens is 2. The summed E-state index contributed by atoms with van der Waals surface area (Å²) in [5.74, 6) is -8.14. The smallest absolute Gasteiger partial charge is 0.490 e. The normalized spacial score (nSPS) is 13.8. The second-order valence-corrected chi connectivity index (χ2v) is 10.3. The van der Waals surface area contributed by atoms with E-state index in [4.69, 9.17) is 34.4 Å². The van der Waals surface area contributed by atoms with Crippen LogP contribution in [0.2, 0.25) is 0 Å². The molecule has 0 saturated heterocycles. The molecule has 2 heterocycles. The zero-order valence-corrected chi connectivity index (χ0v) is 26.6. The van der Waals surface area contributed by atoms with Gasteiger partial charge in [-0.3, -0.25) is 9.89 Å². The molecule has 0 spiro atoms. The van der Waals surface area contributed by atoms with Gasteiger partial charge in [0.05, 0.1) is 17.9 Å². The standard InChI is InChI=1S/C23H26FN5O2.3C2HF3O2/c1-29(2)7-8-31-22-11-15(18-13-26-27-14-18)4-6-20(22)28-23(30)21-10-17-9-19(24)5-3-16(17)12-25-21;3*3-2(4,5)1(6)7/h3-6,9,11,13-14,21,25H,7-8,10,12H2,1-2H3,(H,26,27)(H,28,30);3*(H,6,7)/t21-;;;/m0.../s1. The van der Waals surface area contributed by atoms with E-state index in [1.807, 2.05) is 37.2 Å². The zero-order chi connectivity index (χ0) is 40.0. The summed E-state index contributed by atoms with van der Waals surface area (Å²) in [7, 11) is 3.95. The number of nitrogens with one attached hydrogen (secondary N) is 3. The Labute approximate surface area is 286 Å². The molecule has 1 atom stereocenters. The van der Waals surface area contributed by atoms with Crippen molar-refractivity contribution in [1.29, 1.82) is 0 Å². The number of carboxylic acid groups (broad SMARTS) is 3. The van der Waals surface area contributed by atoms with E-state index in [0.717, 1.165) is 28.8 Å². The van der Waals surface area contributed by atoms with Crippen LogP contribution >= 0.6 is 0 Å². The number of benzene rings is 2. The van der Waals surface area contributed by atoms with E-state index in [0.29, 0.717) is 31.0 Å². The number of anilines is 1. The van der Waals surface area contributed by atoms with Gasteiger partial charge >= 0.3 is 36.4 Å². The molecule has 0 aliphatic carbocycles. The summed E-state index contributed by atoms with van der Waals surface area (Å²) in [5.41, 5.74) is 4.34. The van der Waals surface area contributed by atoms with Gasteiger partial charge in [0.15, 0.2) is 0 Å². The third-order valence-electron chi connectivity index (χ3n) is 6.04. The number of carbonyl (C=O) groups excluding carboxylic acids is 1. The van der Waals surface area contributed by atoms with Crippen LogP contribution in [0.15, 0.2) is 48.8 Å². The number of halogens is 10. The van der Waals surface area contributed by atoms with Crippen LogP contribution in [0.5, 0.6) is 5.75 Å². The number of alkyl halides is 9. The molecule has 0 fully saturated rings. The summed E-state index contributed by atoms with van der Waals surface area (Å²) in [5, 5.41) is 34.4. The van der Waals surface area contributed by atoms with Gasteiger partial charge in [-0.15, -0.1) is 0 Å². The number of carbonyl (C=O) groups is 4. The predicted octanol–water partition coefficient (Wildman–Crippen LogP) is 4.71. The number of aliphatic carboxylic acids is 3. The van der Waals surface area contributed by atoms with Gasteiger partial charge in [0.2, 0.25) is 5.91 Å². The molecule has 288 valence electrons. The molecule has 23 heteroatoms. The van der Waals surface area contributed by atoms with Crippen LogP contribution < -0.4 is 15.4 Å². The topological polar surface area (TPSA) is 194 Å². The molecule has 6 N–H and O–H groups in total. The fourth-order valence-corrected chi connectivity index (χ4v) is 3.56. The van der Waals surface area contributed by atoms with E-state index < -0.39 is 42.5 Å². The molecule has 13 nitrogen and oxygen atoms in total. The second-order valence-electron chi connectivity index (χ2n) is 10.3. The molecule has 1 aliphatic rings. The fourth-order valence-electron chi connectivity index (χ4n) is 3.56. The van der Waals surface area contributed by atoms with Crippen LogP contribution in [-0.2, 0) is 32.1 Å². The molecule has 0 saturated carbocycles. The minimum absolute atomic E-state index is 0.177. The van der Waals surface area contributed by atoms with Crippen molar-refractivity contribution in [2.24, 2.45) is 0 Å². The predicted molar refractivity (Wildman–Crippen MR) is 159 cm³/mol. The van der Waals surface area contributed by atoms with Gasteiger partial charge in [0.1, 0.15) is 18.2 Å². The number of carboxylic acids is 3. The Morgan fingerprint density at radius 1 is 0.846 bits per heavy atom. The summed E-state index contributed by atoms with van der Waals surface area (Å²) in [4.78, 5) is 41.7. The van der Waals surface area contributed by atoms with E-state index in [1.54, 1.807) is 18.5 Å².